The minimum atomic E-state index is -0.356. The molecule has 0 aliphatic heterocycles. The van der Waals surface area contributed by atoms with E-state index in [1.807, 2.05) is 19.9 Å². The van der Waals surface area contributed by atoms with E-state index in [-0.39, 0.29) is 17.2 Å². The van der Waals surface area contributed by atoms with Gasteiger partial charge in [-0.3, -0.25) is 4.79 Å². The third kappa shape index (κ3) is 2.09. The summed E-state index contributed by atoms with van der Waals surface area (Å²) in [7, 11) is 1.36. The van der Waals surface area contributed by atoms with Crippen LogP contribution >= 0.6 is 0 Å². The second-order valence-electron chi connectivity index (χ2n) is 5.14. The van der Waals surface area contributed by atoms with Crippen molar-refractivity contribution in [3.8, 4) is 0 Å². The number of Topliss-reactive ketones (excluding diaryl/α,β-unsaturated/α-hetero) is 1. The molecule has 17 heavy (non-hydrogen) atoms. The summed E-state index contributed by atoms with van der Waals surface area (Å²) in [6.07, 6.45) is 1.15. The Morgan fingerprint density at radius 3 is 2.65 bits per heavy atom. The minimum Gasteiger partial charge on any atom is -0.465 e. The number of benzene rings is 1. The fourth-order valence-corrected chi connectivity index (χ4v) is 2.19. The number of hydrogen-bond donors (Lipinski definition) is 0. The van der Waals surface area contributed by atoms with Crippen LogP contribution in [0.4, 0.5) is 0 Å². The van der Waals surface area contributed by atoms with Gasteiger partial charge >= 0.3 is 5.97 Å². The molecule has 1 aliphatic rings. The first-order valence-corrected chi connectivity index (χ1v) is 5.67. The van der Waals surface area contributed by atoms with Crippen LogP contribution in [-0.4, -0.2) is 18.9 Å². The first kappa shape index (κ1) is 11.8. The standard InChI is InChI=1S/C14H16O3/c1-14(2)8-10-5-4-9(13(16)17-3)6-11(10)7-12(14)15/h4-6H,7-8H2,1-3H3. The van der Waals surface area contributed by atoms with E-state index < -0.39 is 0 Å². The van der Waals surface area contributed by atoms with Gasteiger partial charge in [0.05, 0.1) is 12.7 Å². The summed E-state index contributed by atoms with van der Waals surface area (Å²) in [6.45, 7) is 3.93. The molecule has 0 saturated carbocycles. The highest BCUT2D eigenvalue weighted by atomic mass is 16.5. The van der Waals surface area contributed by atoms with E-state index in [1.54, 1.807) is 12.1 Å². The molecule has 1 aromatic rings. The maximum absolute atomic E-state index is 11.9. The summed E-state index contributed by atoms with van der Waals surface area (Å²) in [5, 5.41) is 0. The average Bonchev–Trinajstić information content (AvgIpc) is 2.28. The Morgan fingerprint density at radius 2 is 2.00 bits per heavy atom. The van der Waals surface area contributed by atoms with Crippen LogP contribution in [0.25, 0.3) is 0 Å². The van der Waals surface area contributed by atoms with E-state index in [9.17, 15) is 9.59 Å². The molecule has 0 fully saturated rings. The third-order valence-electron chi connectivity index (χ3n) is 3.37. The van der Waals surface area contributed by atoms with Gasteiger partial charge in [0.1, 0.15) is 5.78 Å². The van der Waals surface area contributed by atoms with Gasteiger partial charge in [-0.25, -0.2) is 4.79 Å². The summed E-state index contributed by atoms with van der Waals surface area (Å²) in [4.78, 5) is 23.3. The van der Waals surface area contributed by atoms with Crippen LogP contribution in [0.5, 0.6) is 0 Å². The van der Waals surface area contributed by atoms with E-state index >= 15 is 0 Å². The molecular weight excluding hydrogens is 216 g/mol. The van der Waals surface area contributed by atoms with E-state index in [4.69, 9.17) is 0 Å². The number of rotatable bonds is 1. The van der Waals surface area contributed by atoms with Crippen molar-refractivity contribution in [3.63, 3.8) is 0 Å². The van der Waals surface area contributed by atoms with Crippen molar-refractivity contribution < 1.29 is 14.3 Å². The van der Waals surface area contributed by atoms with E-state index in [0.29, 0.717) is 12.0 Å². The Hall–Kier alpha value is -1.64. The van der Waals surface area contributed by atoms with Gasteiger partial charge in [0.15, 0.2) is 0 Å². The Morgan fingerprint density at radius 1 is 1.29 bits per heavy atom. The molecule has 3 nitrogen and oxygen atoms in total. The smallest absolute Gasteiger partial charge is 0.337 e. The fraction of sp³-hybridized carbons (Fsp3) is 0.429. The number of carbonyl (C=O) groups is 2. The summed E-state index contributed by atoms with van der Waals surface area (Å²) in [5.74, 6) is -0.128. The molecular formula is C14H16O3. The monoisotopic (exact) mass is 232 g/mol. The van der Waals surface area contributed by atoms with Crippen molar-refractivity contribution in [1.29, 1.82) is 0 Å². The number of ketones is 1. The lowest BCUT2D eigenvalue weighted by atomic mass is 9.73. The molecule has 0 amide bonds. The molecule has 0 aromatic heterocycles. The van der Waals surface area contributed by atoms with Crippen molar-refractivity contribution in [2.45, 2.75) is 26.7 Å². The van der Waals surface area contributed by atoms with Crippen LogP contribution < -0.4 is 0 Å². The van der Waals surface area contributed by atoms with Crippen molar-refractivity contribution >= 4 is 11.8 Å². The van der Waals surface area contributed by atoms with Crippen LogP contribution in [-0.2, 0) is 22.4 Å². The van der Waals surface area contributed by atoms with E-state index in [2.05, 4.69) is 4.74 Å². The molecule has 0 bridgehead atoms. The van der Waals surface area contributed by atoms with E-state index in [0.717, 1.165) is 17.5 Å². The quantitative estimate of drug-likeness (QED) is 0.697. The number of esters is 1. The maximum Gasteiger partial charge on any atom is 0.337 e. The molecule has 0 radical (unpaired) electrons. The summed E-state index contributed by atoms with van der Waals surface area (Å²) in [6, 6.07) is 5.46. The average molecular weight is 232 g/mol. The van der Waals surface area contributed by atoms with Gasteiger partial charge in [0, 0.05) is 11.8 Å². The molecule has 1 aliphatic carbocycles. The van der Waals surface area contributed by atoms with Crippen LogP contribution in [0, 0.1) is 5.41 Å². The zero-order valence-electron chi connectivity index (χ0n) is 10.4. The molecule has 0 spiro atoms. The normalized spacial score (nSPS) is 17.5. The maximum atomic E-state index is 11.9. The van der Waals surface area contributed by atoms with Gasteiger partial charge in [-0.2, -0.15) is 0 Å². The van der Waals surface area contributed by atoms with Gasteiger partial charge in [0.2, 0.25) is 0 Å². The fourth-order valence-electron chi connectivity index (χ4n) is 2.19. The second kappa shape index (κ2) is 3.99. The number of methoxy groups -OCH3 is 1. The predicted octanol–water partition coefficient (Wildman–Crippen LogP) is 2.17. The largest absolute Gasteiger partial charge is 0.465 e. The minimum absolute atomic E-state index is 0.229. The van der Waals surface area contributed by atoms with Gasteiger partial charge in [-0.05, 0) is 29.7 Å². The van der Waals surface area contributed by atoms with Gasteiger partial charge < -0.3 is 4.74 Å². The molecule has 2 rings (SSSR count). The summed E-state index contributed by atoms with van der Waals surface area (Å²) >= 11 is 0. The Balaban J connectivity index is 2.39. The molecule has 0 unspecified atom stereocenters. The summed E-state index contributed by atoms with van der Waals surface area (Å²) < 4.78 is 4.67. The number of fused-ring (bicyclic) bond motifs is 1. The van der Waals surface area contributed by atoms with Crippen molar-refractivity contribution in [1.82, 2.24) is 0 Å². The number of hydrogen-bond acceptors (Lipinski definition) is 3. The van der Waals surface area contributed by atoms with Crippen molar-refractivity contribution in [3.05, 3.63) is 34.9 Å². The zero-order valence-corrected chi connectivity index (χ0v) is 10.4. The predicted molar refractivity (Wildman–Crippen MR) is 64.0 cm³/mol. The van der Waals surface area contributed by atoms with Gasteiger partial charge in [-0.1, -0.05) is 19.9 Å². The van der Waals surface area contributed by atoms with Crippen LogP contribution in [0.3, 0.4) is 0 Å². The SMILES string of the molecule is COC(=O)c1ccc2c(c1)CC(=O)C(C)(C)C2. The molecule has 3 heteroatoms. The van der Waals surface area contributed by atoms with E-state index in [1.165, 1.54) is 7.11 Å². The van der Waals surface area contributed by atoms with Crippen molar-refractivity contribution in [2.75, 3.05) is 7.11 Å². The van der Waals surface area contributed by atoms with Crippen LogP contribution in [0.1, 0.15) is 35.3 Å². The number of carbonyl (C=O) groups excluding carboxylic acids is 2. The highest BCUT2D eigenvalue weighted by molar-refractivity contribution is 5.92. The molecule has 0 N–H and O–H groups in total. The number of ether oxygens (including phenoxy) is 1. The zero-order chi connectivity index (χ0) is 12.6. The first-order chi connectivity index (χ1) is 7.94. The highest BCUT2D eigenvalue weighted by Crippen LogP contribution is 2.32. The first-order valence-electron chi connectivity index (χ1n) is 5.67. The summed E-state index contributed by atoms with van der Waals surface area (Å²) in [5.41, 5.74) is 2.33. The van der Waals surface area contributed by atoms with Gasteiger partial charge in [-0.15, -0.1) is 0 Å². The lowest BCUT2D eigenvalue weighted by Crippen LogP contribution is -2.33. The molecule has 0 atom stereocenters. The Labute approximate surface area is 101 Å². The molecule has 0 saturated heterocycles. The molecule has 1 aromatic carbocycles. The van der Waals surface area contributed by atoms with Crippen molar-refractivity contribution in [2.24, 2.45) is 5.41 Å². The Kier molecular flexibility index (Phi) is 2.77. The lowest BCUT2D eigenvalue weighted by molar-refractivity contribution is -0.127. The highest BCUT2D eigenvalue weighted by Gasteiger charge is 2.33. The van der Waals surface area contributed by atoms with Crippen LogP contribution in [0.2, 0.25) is 0 Å². The van der Waals surface area contributed by atoms with Gasteiger partial charge in [0.25, 0.3) is 0 Å². The molecule has 0 heterocycles. The van der Waals surface area contributed by atoms with Crippen LogP contribution in [0.15, 0.2) is 18.2 Å². The molecule has 90 valence electrons. The lowest BCUT2D eigenvalue weighted by Gasteiger charge is -2.29. The third-order valence-corrected chi connectivity index (χ3v) is 3.37. The second-order valence-corrected chi connectivity index (χ2v) is 5.14. The Bertz CT molecular complexity index is 486. The topological polar surface area (TPSA) is 43.4 Å².